The van der Waals surface area contributed by atoms with Gasteiger partial charge >= 0.3 is 5.97 Å². The van der Waals surface area contributed by atoms with Crippen molar-refractivity contribution in [3.63, 3.8) is 0 Å². The Labute approximate surface area is 406 Å². The van der Waals surface area contributed by atoms with Crippen molar-refractivity contribution in [2.45, 2.75) is 193 Å². The number of rotatable bonds is 9. The molecule has 2 saturated heterocycles. The number of carbonyl (C=O) groups is 5. The molecule has 14 heteroatoms. The molecule has 1 amide bonds. The van der Waals surface area contributed by atoms with Crippen LogP contribution in [0.2, 0.25) is 0 Å². The molecule has 2 N–H and O–H groups in total. The van der Waals surface area contributed by atoms with Gasteiger partial charge in [-0.25, -0.2) is 4.79 Å². The number of piperidine rings is 1. The standard InChI is InChI=1S/C54H85NO13/c1-12-26-66-44-24-22-40(30-47(44)64-10)29-36(5)46-32-43(56)35(4)28-38(7)49(58)50(65-11)48(57)37(6)27-33(2)18-14-13-15-19-34(3)45(63-9)31-41-23-21-39(8)54(62,68-41)51(59)52(60)55-25-17-16-20-42(55)53(61)67-46/h13-15,18-19,28,33,35-37,39-42,44-47,49-50,58,62H,12,16-17,20-27,29-32H2,1-11H3/b15-13+,18-14+,34-19-,38-28-. The molecule has 3 aliphatic heterocycles. The fourth-order valence-corrected chi connectivity index (χ4v) is 10.6. The highest BCUT2D eigenvalue weighted by Gasteiger charge is 2.53. The van der Waals surface area contributed by atoms with Crippen LogP contribution in [0, 0.1) is 35.5 Å². The SMILES string of the molecule is CCCOC1CCC(CC(C)C2CC(=O)C(C)/C=C(/C)C(O)C(OC)C(=O)C(C)CC(C)/C=C/C=C/C=C(/C)C(OC)CC3CCC(C)C(O)(O3)C(=O)C(=O)N3CCCCC3C(=O)O2)CC1OC. The van der Waals surface area contributed by atoms with E-state index in [2.05, 4.69) is 6.92 Å². The van der Waals surface area contributed by atoms with E-state index in [1.165, 1.54) is 12.0 Å². The van der Waals surface area contributed by atoms with E-state index in [4.69, 9.17) is 28.4 Å². The average Bonchev–Trinajstić information content (AvgIpc) is 3.32. The highest BCUT2D eigenvalue weighted by atomic mass is 16.6. The van der Waals surface area contributed by atoms with Gasteiger partial charge in [0.05, 0.1) is 24.4 Å². The van der Waals surface area contributed by atoms with Gasteiger partial charge in [-0.3, -0.25) is 19.2 Å². The number of fused-ring (bicyclic) bond motifs is 3. The van der Waals surface area contributed by atoms with Gasteiger partial charge in [-0.2, -0.15) is 0 Å². The highest BCUT2D eigenvalue weighted by molar-refractivity contribution is 6.39. The number of allylic oxidation sites excluding steroid dienone is 6. The summed E-state index contributed by atoms with van der Waals surface area (Å²) in [5.41, 5.74) is 1.29. The van der Waals surface area contributed by atoms with Gasteiger partial charge in [0.15, 0.2) is 5.78 Å². The number of aliphatic hydroxyl groups is 2. The second-order valence-electron chi connectivity index (χ2n) is 20.4. The number of ether oxygens (including phenoxy) is 6. The smallest absolute Gasteiger partial charge is 0.329 e. The van der Waals surface area contributed by atoms with Crippen molar-refractivity contribution in [1.29, 1.82) is 0 Å². The molecule has 2 bridgehead atoms. The van der Waals surface area contributed by atoms with Crippen LogP contribution in [0.1, 0.15) is 139 Å². The quantitative estimate of drug-likeness (QED) is 0.131. The van der Waals surface area contributed by atoms with Crippen molar-refractivity contribution >= 4 is 29.2 Å². The van der Waals surface area contributed by atoms with Crippen molar-refractivity contribution in [3.8, 4) is 0 Å². The third-order valence-electron chi connectivity index (χ3n) is 15.0. The van der Waals surface area contributed by atoms with Crippen LogP contribution in [0.5, 0.6) is 0 Å². The maximum Gasteiger partial charge on any atom is 0.329 e. The molecular formula is C54H85NO13. The monoisotopic (exact) mass is 956 g/mol. The zero-order chi connectivity index (χ0) is 50.3. The van der Waals surface area contributed by atoms with Crippen LogP contribution >= 0.6 is 0 Å². The van der Waals surface area contributed by atoms with Crippen LogP contribution in [-0.2, 0) is 52.4 Å². The summed E-state index contributed by atoms with van der Waals surface area (Å²) in [7, 11) is 4.66. The Morgan fingerprint density at radius 3 is 2.26 bits per heavy atom. The van der Waals surface area contributed by atoms with Crippen LogP contribution in [0.25, 0.3) is 0 Å². The maximum absolute atomic E-state index is 14.5. The molecule has 0 aromatic carbocycles. The molecule has 0 aromatic heterocycles. The molecule has 384 valence electrons. The van der Waals surface area contributed by atoms with Gasteiger partial charge in [-0.05, 0) is 113 Å². The molecule has 3 fully saturated rings. The van der Waals surface area contributed by atoms with Gasteiger partial charge in [0.2, 0.25) is 5.79 Å². The van der Waals surface area contributed by atoms with Crippen molar-refractivity contribution in [1.82, 2.24) is 4.90 Å². The van der Waals surface area contributed by atoms with Gasteiger partial charge in [-0.15, -0.1) is 0 Å². The minimum atomic E-state index is -2.42. The van der Waals surface area contributed by atoms with Crippen LogP contribution in [0.4, 0.5) is 0 Å². The number of aliphatic hydroxyl groups excluding tert-OH is 1. The first-order valence-electron chi connectivity index (χ1n) is 25.4. The Kier molecular flexibility index (Phi) is 23.0. The minimum Gasteiger partial charge on any atom is -0.460 e. The Morgan fingerprint density at radius 2 is 1.59 bits per heavy atom. The molecule has 15 unspecified atom stereocenters. The van der Waals surface area contributed by atoms with E-state index in [0.717, 1.165) is 31.3 Å². The van der Waals surface area contributed by atoms with Gasteiger partial charge in [0.25, 0.3) is 11.7 Å². The molecule has 1 aliphatic carbocycles. The summed E-state index contributed by atoms with van der Waals surface area (Å²) in [6, 6.07) is -1.12. The third kappa shape index (κ3) is 15.3. The number of carbonyl (C=O) groups excluding carboxylic acids is 5. The van der Waals surface area contributed by atoms with Gasteiger partial charge in [-0.1, -0.05) is 78.0 Å². The van der Waals surface area contributed by atoms with E-state index < -0.39 is 77.8 Å². The molecule has 0 aromatic rings. The Bertz CT molecular complexity index is 1810. The summed E-state index contributed by atoms with van der Waals surface area (Å²) in [4.78, 5) is 72.2. The first-order valence-corrected chi connectivity index (χ1v) is 25.4. The van der Waals surface area contributed by atoms with E-state index in [1.807, 2.05) is 58.1 Å². The fraction of sp³-hybridized carbons (Fsp3) is 0.759. The number of hydrogen-bond acceptors (Lipinski definition) is 13. The minimum absolute atomic E-state index is 0.0147. The number of methoxy groups -OCH3 is 3. The topological polar surface area (TPSA) is 184 Å². The van der Waals surface area contributed by atoms with E-state index in [1.54, 1.807) is 41.1 Å². The van der Waals surface area contributed by atoms with Crippen molar-refractivity contribution < 1.29 is 62.6 Å². The summed E-state index contributed by atoms with van der Waals surface area (Å²) in [5, 5.41) is 23.5. The Hall–Kier alpha value is -3.37. The van der Waals surface area contributed by atoms with Gasteiger partial charge in [0, 0.05) is 65.1 Å². The Balaban J connectivity index is 1.70. The second-order valence-corrected chi connectivity index (χ2v) is 20.4. The number of esters is 1. The number of nitrogens with zero attached hydrogens (tertiary/aromatic N) is 1. The normalized spacial score (nSPS) is 39.2. The fourth-order valence-electron chi connectivity index (χ4n) is 10.6. The lowest BCUT2D eigenvalue weighted by Gasteiger charge is -2.42. The molecule has 1 saturated carbocycles. The van der Waals surface area contributed by atoms with Crippen LogP contribution < -0.4 is 0 Å². The average molecular weight is 956 g/mol. The van der Waals surface area contributed by atoms with Crippen molar-refractivity contribution in [2.24, 2.45) is 35.5 Å². The molecule has 4 aliphatic rings. The lowest BCUT2D eigenvalue weighted by atomic mass is 9.78. The van der Waals surface area contributed by atoms with E-state index in [0.29, 0.717) is 57.1 Å². The van der Waals surface area contributed by atoms with Gasteiger partial charge in [0.1, 0.15) is 30.1 Å². The lowest BCUT2D eigenvalue weighted by molar-refractivity contribution is -0.265. The van der Waals surface area contributed by atoms with Crippen molar-refractivity contribution in [2.75, 3.05) is 34.5 Å². The molecule has 68 heavy (non-hydrogen) atoms. The molecular weight excluding hydrogens is 871 g/mol. The molecule has 15 atom stereocenters. The molecule has 0 radical (unpaired) electrons. The zero-order valence-electron chi connectivity index (χ0n) is 43.0. The van der Waals surface area contributed by atoms with Crippen LogP contribution in [0.15, 0.2) is 47.6 Å². The van der Waals surface area contributed by atoms with Crippen LogP contribution in [-0.4, -0.2) is 133 Å². The summed E-state index contributed by atoms with van der Waals surface area (Å²) in [5.74, 6) is -7.71. The predicted molar refractivity (Wildman–Crippen MR) is 259 cm³/mol. The van der Waals surface area contributed by atoms with E-state index in [9.17, 15) is 34.2 Å². The Morgan fingerprint density at radius 1 is 0.853 bits per heavy atom. The van der Waals surface area contributed by atoms with Crippen molar-refractivity contribution in [3.05, 3.63) is 47.6 Å². The second kappa shape index (κ2) is 27.3. The lowest BCUT2D eigenvalue weighted by Crippen LogP contribution is -2.61. The molecule has 3 heterocycles. The predicted octanol–water partition coefficient (Wildman–Crippen LogP) is 7.61. The van der Waals surface area contributed by atoms with E-state index in [-0.39, 0.29) is 60.9 Å². The summed E-state index contributed by atoms with van der Waals surface area (Å²) in [6.07, 6.45) is 13.7. The number of amides is 1. The molecule has 14 nitrogen and oxygen atoms in total. The first kappa shape index (κ1) is 57.2. The van der Waals surface area contributed by atoms with Crippen LogP contribution in [0.3, 0.4) is 0 Å². The molecule has 4 rings (SSSR count). The van der Waals surface area contributed by atoms with E-state index >= 15 is 0 Å². The number of Topliss-reactive ketones (excluding diaryl/α,β-unsaturated/α-hetero) is 3. The largest absolute Gasteiger partial charge is 0.460 e. The number of hydrogen-bond donors (Lipinski definition) is 2. The molecule has 0 spiro atoms. The summed E-state index contributed by atoms with van der Waals surface area (Å²) in [6.45, 7) is 15.6. The highest BCUT2D eigenvalue weighted by Crippen LogP contribution is 2.38. The van der Waals surface area contributed by atoms with Gasteiger partial charge < -0.3 is 43.5 Å². The summed E-state index contributed by atoms with van der Waals surface area (Å²) < 4.78 is 35.9. The zero-order valence-corrected chi connectivity index (χ0v) is 43.0. The number of cyclic esters (lactones) is 1. The number of ketones is 3. The third-order valence-corrected chi connectivity index (χ3v) is 15.0. The summed E-state index contributed by atoms with van der Waals surface area (Å²) >= 11 is 0. The first-order chi connectivity index (χ1) is 32.3. The maximum atomic E-state index is 14.5.